The highest BCUT2D eigenvalue weighted by Crippen LogP contribution is 2.34. The normalized spacial score (nSPS) is 16.1. The van der Waals surface area contributed by atoms with E-state index in [1.807, 2.05) is 12.1 Å². The van der Waals surface area contributed by atoms with Crippen LogP contribution in [0.1, 0.15) is 35.2 Å². The molecule has 0 amide bonds. The molecule has 0 unspecified atom stereocenters. The Morgan fingerprint density at radius 2 is 1.97 bits per heavy atom. The summed E-state index contributed by atoms with van der Waals surface area (Å²) in [4.78, 5) is 7.29. The quantitative estimate of drug-likeness (QED) is 0.587. The molecule has 30 heavy (non-hydrogen) atoms. The zero-order valence-electron chi connectivity index (χ0n) is 17.8. The fourth-order valence-corrected chi connectivity index (χ4v) is 4.23. The van der Waals surface area contributed by atoms with E-state index >= 15 is 0 Å². The predicted molar refractivity (Wildman–Crippen MR) is 119 cm³/mol. The van der Waals surface area contributed by atoms with Crippen LogP contribution < -0.4 is 9.64 Å². The maximum absolute atomic E-state index is 8.93. The van der Waals surface area contributed by atoms with Crippen LogP contribution in [-0.4, -0.2) is 31.3 Å². The van der Waals surface area contributed by atoms with Crippen molar-refractivity contribution in [2.24, 2.45) is 0 Å². The van der Waals surface area contributed by atoms with Gasteiger partial charge < -0.3 is 14.4 Å². The zero-order valence-corrected chi connectivity index (χ0v) is 17.8. The molecular weight excluding hydrogens is 374 g/mol. The van der Waals surface area contributed by atoms with Gasteiger partial charge in [0, 0.05) is 30.4 Å². The minimum atomic E-state index is 0.416. The van der Waals surface area contributed by atoms with E-state index in [0.29, 0.717) is 18.2 Å². The van der Waals surface area contributed by atoms with Crippen LogP contribution in [0.4, 0.5) is 5.69 Å². The zero-order chi connectivity index (χ0) is 21.1. The average molecular weight is 402 g/mol. The Bertz CT molecular complexity index is 1090. The number of nitriles is 1. The lowest BCUT2D eigenvalue weighted by atomic mass is 10.0. The van der Waals surface area contributed by atoms with Gasteiger partial charge in [0.1, 0.15) is 12.4 Å². The summed E-state index contributed by atoms with van der Waals surface area (Å²) in [5.41, 5.74) is 6.20. The first-order valence-corrected chi connectivity index (χ1v) is 10.4. The minimum absolute atomic E-state index is 0.416. The second-order valence-corrected chi connectivity index (χ2v) is 7.95. The number of benzene rings is 2. The number of hydrogen-bond donors (Lipinski definition) is 0. The Balaban J connectivity index is 1.64. The smallest absolute Gasteiger partial charge is 0.119 e. The van der Waals surface area contributed by atoms with Gasteiger partial charge in [0.15, 0.2) is 0 Å². The average Bonchev–Trinajstić information content (AvgIpc) is 3.21. The van der Waals surface area contributed by atoms with Gasteiger partial charge in [-0.15, -0.1) is 0 Å². The van der Waals surface area contributed by atoms with Crippen LogP contribution in [0.3, 0.4) is 0 Å². The Hall–Kier alpha value is -3.10. The summed E-state index contributed by atoms with van der Waals surface area (Å²) in [7, 11) is 1.77. The number of nitrogens with zero attached hydrogens (tertiary/aromatic N) is 3. The maximum atomic E-state index is 8.93. The number of fused-ring (bicyclic) bond motifs is 1. The Kier molecular flexibility index (Phi) is 5.87. The summed E-state index contributed by atoms with van der Waals surface area (Å²) in [6.45, 7) is 6.44. The number of aryl methyl sites for hydroxylation is 2. The Morgan fingerprint density at radius 1 is 1.17 bits per heavy atom. The number of aromatic nitrogens is 1. The summed E-state index contributed by atoms with van der Waals surface area (Å²) in [5.74, 6) is 0.755. The molecule has 0 saturated carbocycles. The third-order valence-corrected chi connectivity index (χ3v) is 5.80. The van der Waals surface area contributed by atoms with Crippen LogP contribution >= 0.6 is 0 Å². The van der Waals surface area contributed by atoms with Crippen molar-refractivity contribution >= 4 is 16.6 Å². The molecule has 3 aromatic rings. The van der Waals surface area contributed by atoms with Crippen molar-refractivity contribution in [1.82, 2.24) is 4.98 Å². The van der Waals surface area contributed by atoms with Crippen LogP contribution in [0.5, 0.6) is 5.75 Å². The van der Waals surface area contributed by atoms with Crippen molar-refractivity contribution in [2.75, 3.05) is 25.2 Å². The van der Waals surface area contributed by atoms with E-state index in [-0.39, 0.29) is 0 Å². The first-order valence-electron chi connectivity index (χ1n) is 10.4. The molecular formula is C25H27N3O2. The Labute approximate surface area is 177 Å². The van der Waals surface area contributed by atoms with Gasteiger partial charge in [0.2, 0.25) is 0 Å². The molecule has 1 aromatic heterocycles. The summed E-state index contributed by atoms with van der Waals surface area (Å²) >= 11 is 0. The second kappa shape index (κ2) is 8.73. The molecule has 154 valence electrons. The molecule has 2 aromatic carbocycles. The third kappa shape index (κ3) is 4.10. The largest absolute Gasteiger partial charge is 0.489 e. The lowest BCUT2D eigenvalue weighted by Gasteiger charge is -2.28. The molecule has 5 nitrogen and oxygen atoms in total. The highest BCUT2D eigenvalue weighted by Gasteiger charge is 2.26. The molecule has 0 N–H and O–H groups in total. The number of rotatable bonds is 6. The lowest BCUT2D eigenvalue weighted by molar-refractivity contribution is 0.181. The van der Waals surface area contributed by atoms with Gasteiger partial charge >= 0.3 is 0 Å². The van der Waals surface area contributed by atoms with Crippen molar-refractivity contribution in [3.8, 4) is 11.8 Å². The van der Waals surface area contributed by atoms with Crippen LogP contribution in [0.2, 0.25) is 0 Å². The number of ether oxygens (including phenoxy) is 2. The van der Waals surface area contributed by atoms with Crippen LogP contribution in [0.15, 0.2) is 42.5 Å². The molecule has 1 fully saturated rings. The summed E-state index contributed by atoms with van der Waals surface area (Å²) in [6, 6.07) is 16.3. The molecule has 1 atom stereocenters. The predicted octanol–water partition coefficient (Wildman–Crippen LogP) is 4.92. The molecule has 1 aliphatic rings. The number of methoxy groups -OCH3 is 1. The highest BCUT2D eigenvalue weighted by molar-refractivity contribution is 5.93. The SMILES string of the molecule is COC[C@H]1CCCN1c1cc(C)nc2cc(COc3ccc(C#N)cc3)c(C)cc12. The molecule has 0 spiro atoms. The second-order valence-electron chi connectivity index (χ2n) is 7.95. The first kappa shape index (κ1) is 20.2. The van der Waals surface area contributed by atoms with E-state index < -0.39 is 0 Å². The van der Waals surface area contributed by atoms with E-state index in [4.69, 9.17) is 19.7 Å². The number of hydrogen-bond acceptors (Lipinski definition) is 5. The van der Waals surface area contributed by atoms with E-state index in [9.17, 15) is 0 Å². The molecule has 1 aliphatic heterocycles. The number of pyridine rings is 1. The van der Waals surface area contributed by atoms with Gasteiger partial charge in [-0.25, -0.2) is 0 Å². The van der Waals surface area contributed by atoms with Crippen LogP contribution in [-0.2, 0) is 11.3 Å². The van der Waals surface area contributed by atoms with E-state index in [1.54, 1.807) is 19.2 Å². The molecule has 1 saturated heterocycles. The first-order chi connectivity index (χ1) is 14.6. The molecule has 4 rings (SSSR count). The van der Waals surface area contributed by atoms with Gasteiger partial charge in [-0.3, -0.25) is 4.98 Å². The molecule has 0 radical (unpaired) electrons. The van der Waals surface area contributed by atoms with Gasteiger partial charge in [-0.2, -0.15) is 5.26 Å². The van der Waals surface area contributed by atoms with Crippen molar-refractivity contribution in [3.05, 3.63) is 64.8 Å². The standard InChI is InChI=1S/C25H27N3O2/c1-17-11-23-24(13-20(17)15-30-22-8-6-19(14-26)7-9-22)27-18(2)12-25(23)28-10-4-5-21(28)16-29-3/h6-9,11-13,21H,4-5,10,15-16H2,1-3H3/t21-/m1/s1. The van der Waals surface area contributed by atoms with Gasteiger partial charge in [-0.1, -0.05) is 0 Å². The lowest BCUT2D eigenvalue weighted by Crippen LogP contribution is -2.33. The van der Waals surface area contributed by atoms with Gasteiger partial charge in [0.25, 0.3) is 0 Å². The fourth-order valence-electron chi connectivity index (χ4n) is 4.23. The van der Waals surface area contributed by atoms with E-state index in [1.165, 1.54) is 23.1 Å². The highest BCUT2D eigenvalue weighted by atomic mass is 16.5. The fraction of sp³-hybridized carbons (Fsp3) is 0.360. The van der Waals surface area contributed by atoms with Crippen molar-refractivity contribution in [1.29, 1.82) is 5.26 Å². The monoisotopic (exact) mass is 401 g/mol. The number of anilines is 1. The van der Waals surface area contributed by atoms with Gasteiger partial charge in [0.05, 0.1) is 29.8 Å². The maximum Gasteiger partial charge on any atom is 0.119 e. The molecule has 2 heterocycles. The van der Waals surface area contributed by atoms with Crippen LogP contribution in [0, 0.1) is 25.2 Å². The Morgan fingerprint density at radius 3 is 2.70 bits per heavy atom. The summed E-state index contributed by atoms with van der Waals surface area (Å²) < 4.78 is 11.4. The van der Waals surface area contributed by atoms with Crippen molar-refractivity contribution in [2.45, 2.75) is 39.3 Å². The van der Waals surface area contributed by atoms with Gasteiger partial charge in [-0.05, 0) is 80.3 Å². The van der Waals surface area contributed by atoms with Crippen molar-refractivity contribution in [3.63, 3.8) is 0 Å². The molecule has 5 heteroatoms. The van der Waals surface area contributed by atoms with Crippen LogP contribution in [0.25, 0.3) is 10.9 Å². The third-order valence-electron chi connectivity index (χ3n) is 5.80. The topological polar surface area (TPSA) is 58.4 Å². The molecule has 0 aliphatic carbocycles. The van der Waals surface area contributed by atoms with Crippen molar-refractivity contribution < 1.29 is 9.47 Å². The molecule has 0 bridgehead atoms. The van der Waals surface area contributed by atoms with E-state index in [2.05, 4.69) is 43.0 Å². The summed E-state index contributed by atoms with van der Waals surface area (Å²) in [5, 5.41) is 10.1. The summed E-state index contributed by atoms with van der Waals surface area (Å²) in [6.07, 6.45) is 2.35. The minimum Gasteiger partial charge on any atom is -0.489 e. The van der Waals surface area contributed by atoms with E-state index in [0.717, 1.165) is 42.1 Å².